The van der Waals surface area contributed by atoms with Crippen molar-refractivity contribution in [2.24, 2.45) is 0 Å². The van der Waals surface area contributed by atoms with Gasteiger partial charge in [-0.15, -0.1) is 0 Å². The van der Waals surface area contributed by atoms with Gasteiger partial charge in [0, 0.05) is 32.3 Å². The number of rotatable bonds is 6. The third-order valence-electron chi connectivity index (χ3n) is 6.32. The lowest BCUT2D eigenvalue weighted by atomic mass is 9.87. The summed E-state index contributed by atoms with van der Waals surface area (Å²) in [7, 11) is 3.21. The molecule has 4 rings (SSSR count). The van der Waals surface area contributed by atoms with Gasteiger partial charge in [0.15, 0.2) is 0 Å². The lowest BCUT2D eigenvalue weighted by Gasteiger charge is -2.45. The van der Waals surface area contributed by atoms with Crippen molar-refractivity contribution in [2.75, 3.05) is 14.1 Å². The van der Waals surface area contributed by atoms with Crippen LogP contribution in [-0.2, 0) is 22.6 Å². The lowest BCUT2D eigenvalue weighted by molar-refractivity contribution is -0.155. The van der Waals surface area contributed by atoms with Crippen LogP contribution in [0.2, 0.25) is 0 Å². The fourth-order valence-corrected chi connectivity index (χ4v) is 4.16. The highest BCUT2D eigenvalue weighted by atomic mass is 16.5. The van der Waals surface area contributed by atoms with Gasteiger partial charge in [0.25, 0.3) is 11.8 Å². The Kier molecular flexibility index (Phi) is 6.65. The maximum absolute atomic E-state index is 13.5. The zero-order valence-electron chi connectivity index (χ0n) is 19.9. The molecule has 0 saturated carbocycles. The van der Waals surface area contributed by atoms with E-state index in [9.17, 15) is 14.9 Å². The minimum atomic E-state index is -1.09. The normalized spacial score (nSPS) is 19.1. The number of benzene rings is 2. The molecule has 1 aromatic heterocycles. The molecule has 3 aromatic rings. The number of piperazine rings is 1. The van der Waals surface area contributed by atoms with Crippen LogP contribution in [-0.4, -0.2) is 46.2 Å². The van der Waals surface area contributed by atoms with Gasteiger partial charge in [-0.25, -0.2) is 4.98 Å². The third kappa shape index (κ3) is 4.78. The van der Waals surface area contributed by atoms with Gasteiger partial charge in [-0.05, 0) is 42.3 Å². The smallest absolute Gasteiger partial charge is 0.271 e. The Bertz CT molecular complexity index is 1330. The molecule has 1 unspecified atom stereocenters. The number of hydrogen-bond acceptors (Lipinski definition) is 5. The Morgan fingerprint density at radius 3 is 2.51 bits per heavy atom. The molecule has 7 nitrogen and oxygen atoms in total. The van der Waals surface area contributed by atoms with E-state index in [-0.39, 0.29) is 23.2 Å². The number of likely N-dealkylation sites (N-methyl/N-ethyl adjacent to an activating group) is 2. The molecule has 0 bridgehead atoms. The molecule has 1 fully saturated rings. The maximum Gasteiger partial charge on any atom is 0.271 e. The number of carbonyl (C=O) groups excluding carboxylic acids is 2. The van der Waals surface area contributed by atoms with Crippen LogP contribution in [0.15, 0.2) is 78.6 Å². The highest BCUT2D eigenvalue weighted by Gasteiger charge is 2.48. The molecule has 1 saturated heterocycles. The first-order valence-corrected chi connectivity index (χ1v) is 11.2. The van der Waals surface area contributed by atoms with E-state index < -0.39 is 5.54 Å². The van der Waals surface area contributed by atoms with Crippen molar-refractivity contribution in [3.63, 3.8) is 0 Å². The van der Waals surface area contributed by atoms with Gasteiger partial charge in [-0.1, -0.05) is 48.5 Å². The van der Waals surface area contributed by atoms with Crippen molar-refractivity contribution in [1.82, 2.24) is 14.8 Å². The highest BCUT2D eigenvalue weighted by molar-refractivity contribution is 6.08. The average Bonchev–Trinajstić information content (AvgIpc) is 2.89. The largest absolute Gasteiger partial charge is 0.489 e. The number of nitriles is 1. The van der Waals surface area contributed by atoms with Crippen molar-refractivity contribution in [3.05, 3.63) is 101 Å². The highest BCUT2D eigenvalue weighted by Crippen LogP contribution is 2.32. The van der Waals surface area contributed by atoms with Crippen LogP contribution >= 0.6 is 0 Å². The molecule has 2 heterocycles. The van der Waals surface area contributed by atoms with E-state index in [2.05, 4.69) is 4.98 Å². The van der Waals surface area contributed by atoms with Crippen LogP contribution in [0.4, 0.5) is 0 Å². The van der Waals surface area contributed by atoms with Crippen LogP contribution in [0.5, 0.6) is 5.75 Å². The van der Waals surface area contributed by atoms with E-state index in [1.165, 1.54) is 16.0 Å². The number of hydrogen-bond donors (Lipinski definition) is 0. The van der Waals surface area contributed by atoms with Crippen molar-refractivity contribution in [1.29, 1.82) is 5.26 Å². The minimum Gasteiger partial charge on any atom is -0.489 e. The molecule has 1 aliphatic heterocycles. The number of aromatic nitrogens is 1. The van der Waals surface area contributed by atoms with Gasteiger partial charge in [-0.2, -0.15) is 5.26 Å². The molecule has 0 aliphatic carbocycles. The zero-order valence-corrected chi connectivity index (χ0v) is 19.9. The quantitative estimate of drug-likeness (QED) is 0.516. The summed E-state index contributed by atoms with van der Waals surface area (Å²) < 4.78 is 5.94. The number of nitrogens with zero attached hydrogens (tertiary/aromatic N) is 4. The number of pyridine rings is 1. The first-order valence-electron chi connectivity index (χ1n) is 11.2. The average molecular weight is 467 g/mol. The topological polar surface area (TPSA) is 86.5 Å². The first-order chi connectivity index (χ1) is 16.8. The van der Waals surface area contributed by atoms with Crippen LogP contribution < -0.4 is 4.74 Å². The third-order valence-corrected chi connectivity index (χ3v) is 6.32. The van der Waals surface area contributed by atoms with E-state index in [1.54, 1.807) is 39.2 Å². The van der Waals surface area contributed by atoms with E-state index in [1.807, 2.05) is 60.7 Å². The first kappa shape index (κ1) is 23.7. The van der Waals surface area contributed by atoms with Crippen molar-refractivity contribution >= 4 is 17.9 Å². The van der Waals surface area contributed by atoms with E-state index >= 15 is 0 Å². The summed E-state index contributed by atoms with van der Waals surface area (Å²) in [5.74, 6) is 0.171. The standard InChI is InChI=1S/C28H26N4O3/c1-28(17-21-11-7-13-23(15-21)35-19-20-9-5-4-6-10-20)27(34)31(2)25(26(33)32(28)3)16-22-12-8-14-30-24(22)18-29/h4-16H,17,19H2,1-3H3/b25-16-. The summed E-state index contributed by atoms with van der Waals surface area (Å²) in [5, 5.41) is 9.33. The summed E-state index contributed by atoms with van der Waals surface area (Å²) in [4.78, 5) is 33.8. The summed E-state index contributed by atoms with van der Waals surface area (Å²) in [5.41, 5.74) is 1.72. The van der Waals surface area contributed by atoms with E-state index in [0.717, 1.165) is 11.1 Å². The van der Waals surface area contributed by atoms with Crippen LogP contribution in [0.3, 0.4) is 0 Å². The van der Waals surface area contributed by atoms with Gasteiger partial charge in [0.2, 0.25) is 0 Å². The Hall–Kier alpha value is -4.44. The van der Waals surface area contributed by atoms with Gasteiger partial charge < -0.3 is 14.5 Å². The molecule has 35 heavy (non-hydrogen) atoms. The van der Waals surface area contributed by atoms with Crippen molar-refractivity contribution in [3.8, 4) is 11.8 Å². The van der Waals surface area contributed by atoms with Gasteiger partial charge in [0.1, 0.15) is 35.4 Å². The Morgan fingerprint density at radius 2 is 1.77 bits per heavy atom. The van der Waals surface area contributed by atoms with Gasteiger partial charge >= 0.3 is 0 Å². The monoisotopic (exact) mass is 466 g/mol. The van der Waals surface area contributed by atoms with E-state index in [0.29, 0.717) is 24.3 Å². The predicted octanol–water partition coefficient (Wildman–Crippen LogP) is 3.80. The SMILES string of the molecule is CN1C(=O)C(C)(Cc2cccc(OCc3ccccc3)c2)N(C)C(=O)/C1=C/c1cccnc1C#N. The second-order valence-corrected chi connectivity index (χ2v) is 8.68. The van der Waals surface area contributed by atoms with E-state index in [4.69, 9.17) is 4.74 Å². The van der Waals surface area contributed by atoms with Gasteiger partial charge in [-0.3, -0.25) is 9.59 Å². The van der Waals surface area contributed by atoms with Crippen LogP contribution in [0.1, 0.15) is 29.3 Å². The summed E-state index contributed by atoms with van der Waals surface area (Å²) in [6, 6.07) is 22.9. The molecule has 2 aromatic carbocycles. The zero-order chi connectivity index (χ0) is 25.0. The number of carbonyl (C=O) groups is 2. The maximum atomic E-state index is 13.5. The second-order valence-electron chi connectivity index (χ2n) is 8.68. The fraction of sp³-hybridized carbons (Fsp3) is 0.214. The number of amides is 2. The minimum absolute atomic E-state index is 0.192. The summed E-state index contributed by atoms with van der Waals surface area (Å²) in [6.45, 7) is 2.21. The Morgan fingerprint density at radius 1 is 1.03 bits per heavy atom. The molecule has 176 valence electrons. The van der Waals surface area contributed by atoms with Crippen LogP contribution in [0.25, 0.3) is 6.08 Å². The molecule has 2 amide bonds. The lowest BCUT2D eigenvalue weighted by Crippen LogP contribution is -2.64. The predicted molar refractivity (Wildman–Crippen MR) is 132 cm³/mol. The molecule has 0 N–H and O–H groups in total. The van der Waals surface area contributed by atoms with Gasteiger partial charge in [0.05, 0.1) is 0 Å². The van der Waals surface area contributed by atoms with Crippen molar-refractivity contribution in [2.45, 2.75) is 25.5 Å². The molecular formula is C28H26N4O3. The molecule has 1 aliphatic rings. The molecule has 1 atom stereocenters. The van der Waals surface area contributed by atoms with Crippen molar-refractivity contribution < 1.29 is 14.3 Å². The van der Waals surface area contributed by atoms with Crippen LogP contribution in [0, 0.1) is 11.3 Å². The fourth-order valence-electron chi connectivity index (χ4n) is 4.16. The Labute approximate surface area is 204 Å². The summed E-state index contributed by atoms with van der Waals surface area (Å²) >= 11 is 0. The second kappa shape index (κ2) is 9.82. The molecule has 0 spiro atoms. The Balaban J connectivity index is 1.56. The molecule has 0 radical (unpaired) electrons. The summed E-state index contributed by atoms with van der Waals surface area (Å²) in [6.07, 6.45) is 3.38. The number of ether oxygens (including phenoxy) is 1. The molecular weight excluding hydrogens is 440 g/mol. The molecule has 7 heteroatoms.